The standard InChI is InChI=1S/C10H16N2O/c1-2-3-6-10(13)12-9-5-4-7-11-8-9/h1,9,11H,3-8H2,(H,12,13)/t9-/m1/s1. The monoisotopic (exact) mass is 180 g/mol. The fourth-order valence-electron chi connectivity index (χ4n) is 1.46. The van der Waals surface area contributed by atoms with Crippen LogP contribution in [0.1, 0.15) is 25.7 Å². The first kappa shape index (κ1) is 10.1. The van der Waals surface area contributed by atoms with E-state index in [4.69, 9.17) is 6.42 Å². The zero-order valence-electron chi connectivity index (χ0n) is 7.81. The summed E-state index contributed by atoms with van der Waals surface area (Å²) < 4.78 is 0. The van der Waals surface area contributed by atoms with E-state index in [1.54, 1.807) is 0 Å². The number of carbonyl (C=O) groups is 1. The molecular formula is C10H16N2O. The predicted molar refractivity (Wildman–Crippen MR) is 52.1 cm³/mol. The Morgan fingerprint density at radius 1 is 1.69 bits per heavy atom. The number of hydrogen-bond donors (Lipinski definition) is 2. The summed E-state index contributed by atoms with van der Waals surface area (Å²) in [5.74, 6) is 2.53. The summed E-state index contributed by atoms with van der Waals surface area (Å²) in [6.07, 6.45) is 8.27. The fraction of sp³-hybridized carbons (Fsp3) is 0.700. The van der Waals surface area contributed by atoms with Crippen LogP contribution in [0.15, 0.2) is 0 Å². The van der Waals surface area contributed by atoms with E-state index in [-0.39, 0.29) is 5.91 Å². The highest BCUT2D eigenvalue weighted by Crippen LogP contribution is 2.01. The number of piperidine rings is 1. The minimum Gasteiger partial charge on any atom is -0.352 e. The van der Waals surface area contributed by atoms with Crippen LogP contribution in [-0.4, -0.2) is 25.0 Å². The molecule has 0 aromatic rings. The molecule has 2 N–H and O–H groups in total. The average molecular weight is 180 g/mol. The lowest BCUT2D eigenvalue weighted by Crippen LogP contribution is -2.45. The van der Waals surface area contributed by atoms with Crippen molar-refractivity contribution in [2.24, 2.45) is 0 Å². The molecule has 1 atom stereocenters. The maximum atomic E-state index is 11.2. The van der Waals surface area contributed by atoms with E-state index in [0.717, 1.165) is 25.9 Å². The van der Waals surface area contributed by atoms with E-state index in [2.05, 4.69) is 16.6 Å². The first-order valence-electron chi connectivity index (χ1n) is 4.76. The smallest absolute Gasteiger partial charge is 0.221 e. The molecule has 3 heteroatoms. The minimum absolute atomic E-state index is 0.0756. The maximum Gasteiger partial charge on any atom is 0.221 e. The number of hydrogen-bond acceptors (Lipinski definition) is 2. The summed E-state index contributed by atoms with van der Waals surface area (Å²) >= 11 is 0. The first-order chi connectivity index (χ1) is 6.33. The molecule has 0 bridgehead atoms. The summed E-state index contributed by atoms with van der Waals surface area (Å²) in [4.78, 5) is 11.2. The van der Waals surface area contributed by atoms with Gasteiger partial charge in [0.05, 0.1) is 0 Å². The Morgan fingerprint density at radius 2 is 2.54 bits per heavy atom. The topological polar surface area (TPSA) is 41.1 Å². The molecule has 0 aromatic heterocycles. The van der Waals surface area contributed by atoms with Crippen molar-refractivity contribution in [2.75, 3.05) is 13.1 Å². The second-order valence-electron chi connectivity index (χ2n) is 3.31. The van der Waals surface area contributed by atoms with Crippen molar-refractivity contribution in [1.82, 2.24) is 10.6 Å². The van der Waals surface area contributed by atoms with Gasteiger partial charge in [-0.2, -0.15) is 0 Å². The Kier molecular flexibility index (Phi) is 4.34. The van der Waals surface area contributed by atoms with Crippen LogP contribution in [0.3, 0.4) is 0 Å². The lowest BCUT2D eigenvalue weighted by Gasteiger charge is -2.23. The van der Waals surface area contributed by atoms with Crippen molar-refractivity contribution in [3.8, 4) is 12.3 Å². The third-order valence-corrected chi connectivity index (χ3v) is 2.16. The molecule has 1 fully saturated rings. The first-order valence-corrected chi connectivity index (χ1v) is 4.76. The Labute approximate surface area is 79.3 Å². The second kappa shape index (κ2) is 5.60. The molecule has 3 nitrogen and oxygen atoms in total. The zero-order chi connectivity index (χ0) is 9.52. The van der Waals surface area contributed by atoms with Crippen LogP contribution in [0.5, 0.6) is 0 Å². The number of amides is 1. The Morgan fingerprint density at radius 3 is 3.15 bits per heavy atom. The zero-order valence-corrected chi connectivity index (χ0v) is 7.81. The van der Waals surface area contributed by atoms with Gasteiger partial charge in [0, 0.05) is 25.4 Å². The Balaban J connectivity index is 2.15. The van der Waals surface area contributed by atoms with Crippen molar-refractivity contribution < 1.29 is 4.79 Å². The van der Waals surface area contributed by atoms with Gasteiger partial charge < -0.3 is 10.6 Å². The van der Waals surface area contributed by atoms with Gasteiger partial charge in [-0.3, -0.25) is 4.79 Å². The van der Waals surface area contributed by atoms with Crippen LogP contribution in [0.25, 0.3) is 0 Å². The molecule has 0 aromatic carbocycles. The summed E-state index contributed by atoms with van der Waals surface area (Å²) in [7, 11) is 0. The van der Waals surface area contributed by atoms with Gasteiger partial charge in [0.25, 0.3) is 0 Å². The highest BCUT2D eigenvalue weighted by Gasteiger charge is 2.14. The van der Waals surface area contributed by atoms with Gasteiger partial charge in [-0.15, -0.1) is 12.3 Å². The number of rotatable bonds is 3. The molecule has 13 heavy (non-hydrogen) atoms. The van der Waals surface area contributed by atoms with E-state index in [1.807, 2.05) is 0 Å². The second-order valence-corrected chi connectivity index (χ2v) is 3.31. The van der Waals surface area contributed by atoms with Crippen molar-refractivity contribution >= 4 is 5.91 Å². The van der Waals surface area contributed by atoms with Gasteiger partial charge >= 0.3 is 0 Å². The van der Waals surface area contributed by atoms with Gasteiger partial charge in [-0.05, 0) is 19.4 Å². The number of nitrogens with one attached hydrogen (secondary N) is 2. The molecule has 72 valence electrons. The van der Waals surface area contributed by atoms with Crippen LogP contribution in [0.4, 0.5) is 0 Å². The van der Waals surface area contributed by atoms with E-state index in [1.165, 1.54) is 0 Å². The molecule has 0 radical (unpaired) electrons. The van der Waals surface area contributed by atoms with E-state index < -0.39 is 0 Å². The molecular weight excluding hydrogens is 164 g/mol. The SMILES string of the molecule is C#CCCC(=O)N[C@@H]1CCCNC1. The van der Waals surface area contributed by atoms with E-state index in [9.17, 15) is 4.79 Å². The van der Waals surface area contributed by atoms with Gasteiger partial charge in [0.1, 0.15) is 0 Å². The lowest BCUT2D eigenvalue weighted by molar-refractivity contribution is -0.121. The molecule has 0 unspecified atom stereocenters. The van der Waals surface area contributed by atoms with Gasteiger partial charge in [0.2, 0.25) is 5.91 Å². The maximum absolute atomic E-state index is 11.2. The van der Waals surface area contributed by atoms with Crippen molar-refractivity contribution in [2.45, 2.75) is 31.7 Å². The van der Waals surface area contributed by atoms with Crippen LogP contribution in [0, 0.1) is 12.3 Å². The molecule has 0 aliphatic carbocycles. The lowest BCUT2D eigenvalue weighted by atomic mass is 10.1. The van der Waals surface area contributed by atoms with Crippen LogP contribution in [0.2, 0.25) is 0 Å². The summed E-state index contributed by atoms with van der Waals surface area (Å²) in [6.45, 7) is 1.96. The quantitative estimate of drug-likeness (QED) is 0.612. The molecule has 1 rings (SSSR count). The van der Waals surface area contributed by atoms with Crippen molar-refractivity contribution in [3.63, 3.8) is 0 Å². The summed E-state index contributed by atoms with van der Waals surface area (Å²) in [6, 6.07) is 0.305. The third kappa shape index (κ3) is 3.95. The van der Waals surface area contributed by atoms with Gasteiger partial charge in [-0.25, -0.2) is 0 Å². The largest absolute Gasteiger partial charge is 0.352 e. The Bertz CT molecular complexity index is 201. The molecule has 1 aliphatic heterocycles. The molecule has 1 saturated heterocycles. The third-order valence-electron chi connectivity index (χ3n) is 2.16. The van der Waals surface area contributed by atoms with Crippen LogP contribution >= 0.6 is 0 Å². The number of terminal acetylenes is 1. The average Bonchev–Trinajstić information content (AvgIpc) is 2.16. The fourth-order valence-corrected chi connectivity index (χ4v) is 1.46. The molecule has 0 saturated carbocycles. The predicted octanol–water partition coefficient (Wildman–Crippen LogP) is 0.268. The van der Waals surface area contributed by atoms with E-state index in [0.29, 0.717) is 18.9 Å². The van der Waals surface area contributed by atoms with Crippen LogP contribution < -0.4 is 10.6 Å². The Hall–Kier alpha value is -1.01. The highest BCUT2D eigenvalue weighted by molar-refractivity contribution is 5.76. The van der Waals surface area contributed by atoms with Crippen molar-refractivity contribution in [1.29, 1.82) is 0 Å². The van der Waals surface area contributed by atoms with Gasteiger partial charge in [0.15, 0.2) is 0 Å². The molecule has 1 amide bonds. The number of carbonyl (C=O) groups excluding carboxylic acids is 1. The van der Waals surface area contributed by atoms with E-state index >= 15 is 0 Å². The summed E-state index contributed by atoms with van der Waals surface area (Å²) in [5.41, 5.74) is 0. The molecule has 1 heterocycles. The summed E-state index contributed by atoms with van der Waals surface area (Å²) in [5, 5.41) is 6.20. The van der Waals surface area contributed by atoms with Crippen LogP contribution in [-0.2, 0) is 4.79 Å². The molecule has 0 spiro atoms. The molecule has 1 aliphatic rings. The minimum atomic E-state index is 0.0756. The highest BCUT2D eigenvalue weighted by atomic mass is 16.1. The normalized spacial score (nSPS) is 21.9. The van der Waals surface area contributed by atoms with Gasteiger partial charge in [-0.1, -0.05) is 0 Å². The van der Waals surface area contributed by atoms with Crippen molar-refractivity contribution in [3.05, 3.63) is 0 Å².